The van der Waals surface area contributed by atoms with Crippen LogP contribution >= 0.6 is 0 Å². The van der Waals surface area contributed by atoms with Crippen molar-refractivity contribution in [1.82, 2.24) is 9.97 Å². The van der Waals surface area contributed by atoms with E-state index in [0.717, 1.165) is 12.0 Å². The van der Waals surface area contributed by atoms with E-state index in [9.17, 15) is 10.1 Å². The number of rotatable bonds is 7. The fourth-order valence-corrected chi connectivity index (χ4v) is 2.86. The van der Waals surface area contributed by atoms with Crippen molar-refractivity contribution in [1.29, 1.82) is 5.26 Å². The van der Waals surface area contributed by atoms with Crippen LogP contribution in [0.2, 0.25) is 0 Å². The van der Waals surface area contributed by atoms with Crippen molar-refractivity contribution in [2.45, 2.75) is 32.7 Å². The minimum Gasteiger partial charge on any atom is -0.475 e. The largest absolute Gasteiger partial charge is 0.475 e. The molecule has 0 saturated carbocycles. The highest BCUT2D eigenvalue weighted by molar-refractivity contribution is 5.84. The van der Waals surface area contributed by atoms with Gasteiger partial charge in [0.25, 0.3) is 0 Å². The van der Waals surface area contributed by atoms with Crippen LogP contribution in [0.4, 0.5) is 10.6 Å². The van der Waals surface area contributed by atoms with E-state index in [1.54, 1.807) is 30.6 Å². The Morgan fingerprint density at radius 3 is 2.75 bits per heavy atom. The number of nitrogens with one attached hydrogen (secondary N) is 1. The predicted molar refractivity (Wildman–Crippen MR) is 106 cm³/mol. The summed E-state index contributed by atoms with van der Waals surface area (Å²) in [6.07, 6.45) is 3.32. The molecular weight excluding hydrogens is 358 g/mol. The maximum atomic E-state index is 11.3. The van der Waals surface area contributed by atoms with Crippen molar-refractivity contribution >= 4 is 11.9 Å². The minimum absolute atomic E-state index is 0.244. The molecule has 0 fully saturated rings. The molecule has 0 aromatic carbocycles. The van der Waals surface area contributed by atoms with Crippen molar-refractivity contribution in [3.05, 3.63) is 36.2 Å². The first-order chi connectivity index (χ1) is 13.2. The van der Waals surface area contributed by atoms with Gasteiger partial charge in [0.05, 0.1) is 7.11 Å². The zero-order chi connectivity index (χ0) is 20.7. The van der Waals surface area contributed by atoms with Gasteiger partial charge >= 0.3 is 6.09 Å². The molecule has 28 heavy (non-hydrogen) atoms. The Balaban J connectivity index is 2.20. The van der Waals surface area contributed by atoms with Gasteiger partial charge in [-0.1, -0.05) is 13.8 Å². The van der Waals surface area contributed by atoms with Gasteiger partial charge in [-0.3, -0.25) is 5.32 Å². The normalized spacial score (nSPS) is 12.8. The Morgan fingerprint density at radius 1 is 1.36 bits per heavy atom. The van der Waals surface area contributed by atoms with E-state index in [4.69, 9.17) is 10.5 Å². The van der Waals surface area contributed by atoms with Gasteiger partial charge < -0.3 is 15.2 Å². The number of aromatic nitrogens is 2. The number of carbonyl (C=O) groups is 1. The van der Waals surface area contributed by atoms with E-state index in [1.807, 2.05) is 6.92 Å². The summed E-state index contributed by atoms with van der Waals surface area (Å²) in [7, 11) is 1.27. The second-order valence-corrected chi connectivity index (χ2v) is 7.28. The Hall–Kier alpha value is -3.18. The number of hydrogen-bond acceptors (Lipinski definition) is 7. The number of pyridine rings is 2. The van der Waals surface area contributed by atoms with Crippen molar-refractivity contribution in [3.63, 3.8) is 0 Å². The number of nitrogens with zero attached hydrogens (tertiary/aromatic N) is 3. The summed E-state index contributed by atoms with van der Waals surface area (Å²) in [5.41, 5.74) is 7.48. The van der Waals surface area contributed by atoms with Gasteiger partial charge in [0.15, 0.2) is 0 Å². The first kappa shape index (κ1) is 21.1. The number of ether oxygens (including phenoxy) is 2. The minimum atomic E-state index is -0.615. The van der Waals surface area contributed by atoms with Crippen molar-refractivity contribution in [2.75, 3.05) is 19.0 Å². The molecule has 0 aliphatic carbocycles. The number of carbonyl (C=O) groups excluding carboxylic acids is 1. The first-order valence-corrected chi connectivity index (χ1v) is 8.87. The SMILES string of the molecule is COC(=O)Nc1cc(-c2cnc(OCC(C)(N)CC(C)C)c(C#N)c2)ccn1. The molecule has 1 amide bonds. The molecule has 2 heterocycles. The average Bonchev–Trinajstić information content (AvgIpc) is 2.65. The molecule has 0 aliphatic heterocycles. The van der Waals surface area contributed by atoms with Crippen molar-refractivity contribution in [3.8, 4) is 23.1 Å². The van der Waals surface area contributed by atoms with E-state index < -0.39 is 11.6 Å². The molecule has 2 aromatic rings. The average molecular weight is 383 g/mol. The summed E-state index contributed by atoms with van der Waals surface area (Å²) in [5.74, 6) is 1.01. The number of amides is 1. The van der Waals surface area contributed by atoms with Gasteiger partial charge in [-0.05, 0) is 43.0 Å². The Morgan fingerprint density at radius 2 is 2.11 bits per heavy atom. The summed E-state index contributed by atoms with van der Waals surface area (Å²) in [6.45, 7) is 6.36. The quantitative estimate of drug-likeness (QED) is 0.751. The second-order valence-electron chi connectivity index (χ2n) is 7.28. The third-order valence-electron chi connectivity index (χ3n) is 3.89. The van der Waals surface area contributed by atoms with E-state index in [1.165, 1.54) is 7.11 Å². The number of anilines is 1. The van der Waals surface area contributed by atoms with Crippen LogP contribution in [-0.2, 0) is 4.74 Å². The highest BCUT2D eigenvalue weighted by Crippen LogP contribution is 2.26. The predicted octanol–water partition coefficient (Wildman–Crippen LogP) is 3.34. The van der Waals surface area contributed by atoms with E-state index in [0.29, 0.717) is 22.9 Å². The molecule has 2 aromatic heterocycles. The van der Waals surface area contributed by atoms with E-state index in [2.05, 4.69) is 39.9 Å². The standard InChI is InChI=1S/C20H25N5O3/c1-13(2)9-20(3,22)12-28-18-15(10-21)7-16(11-24-18)14-5-6-23-17(8-14)25-19(26)27-4/h5-8,11,13H,9,12,22H2,1-4H3,(H,23,25,26). The highest BCUT2D eigenvalue weighted by atomic mass is 16.5. The smallest absolute Gasteiger partial charge is 0.412 e. The Bertz CT molecular complexity index is 874. The maximum absolute atomic E-state index is 11.3. The Kier molecular flexibility index (Phi) is 6.90. The number of nitrogens with two attached hydrogens (primary N) is 1. The van der Waals surface area contributed by atoms with Crippen LogP contribution in [0.3, 0.4) is 0 Å². The summed E-state index contributed by atoms with van der Waals surface area (Å²) in [4.78, 5) is 19.7. The molecule has 0 bridgehead atoms. The van der Waals surface area contributed by atoms with Crippen LogP contribution in [0.5, 0.6) is 5.88 Å². The van der Waals surface area contributed by atoms with Crippen LogP contribution in [0.25, 0.3) is 11.1 Å². The lowest BCUT2D eigenvalue weighted by Gasteiger charge is -2.26. The van der Waals surface area contributed by atoms with Crippen LogP contribution in [0.1, 0.15) is 32.8 Å². The molecule has 2 rings (SSSR count). The van der Waals surface area contributed by atoms with Crippen molar-refractivity contribution < 1.29 is 14.3 Å². The van der Waals surface area contributed by atoms with Gasteiger partial charge in [0, 0.05) is 23.5 Å². The third-order valence-corrected chi connectivity index (χ3v) is 3.89. The molecule has 8 nitrogen and oxygen atoms in total. The third kappa shape index (κ3) is 5.93. The molecule has 0 radical (unpaired) electrons. The monoisotopic (exact) mass is 383 g/mol. The van der Waals surface area contributed by atoms with E-state index in [-0.39, 0.29) is 12.5 Å². The zero-order valence-electron chi connectivity index (χ0n) is 16.5. The summed E-state index contributed by atoms with van der Waals surface area (Å²) < 4.78 is 10.3. The zero-order valence-corrected chi connectivity index (χ0v) is 16.5. The van der Waals surface area contributed by atoms with E-state index >= 15 is 0 Å². The summed E-state index contributed by atoms with van der Waals surface area (Å²) >= 11 is 0. The van der Waals surface area contributed by atoms with Crippen LogP contribution in [0, 0.1) is 17.2 Å². The fourth-order valence-electron chi connectivity index (χ4n) is 2.86. The molecule has 8 heteroatoms. The molecular formula is C20H25N5O3. The maximum Gasteiger partial charge on any atom is 0.412 e. The lowest BCUT2D eigenvalue weighted by molar-refractivity contribution is 0.187. The van der Waals surface area contributed by atoms with Gasteiger partial charge in [0.2, 0.25) is 5.88 Å². The van der Waals surface area contributed by atoms with Gasteiger partial charge in [-0.15, -0.1) is 0 Å². The molecule has 3 N–H and O–H groups in total. The van der Waals surface area contributed by atoms with Crippen LogP contribution in [0.15, 0.2) is 30.6 Å². The lowest BCUT2D eigenvalue weighted by Crippen LogP contribution is -2.43. The highest BCUT2D eigenvalue weighted by Gasteiger charge is 2.22. The number of methoxy groups -OCH3 is 1. The van der Waals surface area contributed by atoms with Crippen molar-refractivity contribution in [2.24, 2.45) is 11.7 Å². The molecule has 1 atom stereocenters. The summed E-state index contributed by atoms with van der Waals surface area (Å²) in [6, 6.07) is 7.19. The molecule has 0 saturated heterocycles. The first-order valence-electron chi connectivity index (χ1n) is 8.87. The molecule has 148 valence electrons. The topological polar surface area (TPSA) is 123 Å². The van der Waals surface area contributed by atoms with Crippen LogP contribution < -0.4 is 15.8 Å². The second kappa shape index (κ2) is 9.15. The molecule has 0 spiro atoms. The van der Waals surface area contributed by atoms with Gasteiger partial charge in [0.1, 0.15) is 24.1 Å². The number of nitriles is 1. The fraction of sp³-hybridized carbons (Fsp3) is 0.400. The number of hydrogen-bond donors (Lipinski definition) is 2. The molecule has 0 aliphatic rings. The Labute approximate surface area is 164 Å². The summed E-state index contributed by atoms with van der Waals surface area (Å²) in [5, 5.41) is 12.0. The van der Waals surface area contributed by atoms with Crippen LogP contribution in [-0.4, -0.2) is 35.3 Å². The van der Waals surface area contributed by atoms with Gasteiger partial charge in [-0.25, -0.2) is 14.8 Å². The molecule has 1 unspecified atom stereocenters. The lowest BCUT2D eigenvalue weighted by atomic mass is 9.93. The van der Waals surface area contributed by atoms with Gasteiger partial charge in [-0.2, -0.15) is 5.26 Å².